The highest BCUT2D eigenvalue weighted by molar-refractivity contribution is 7.15. The van der Waals surface area contributed by atoms with E-state index in [2.05, 4.69) is 10.2 Å². The molecule has 27 heavy (non-hydrogen) atoms. The summed E-state index contributed by atoms with van der Waals surface area (Å²) in [5, 5.41) is 8.32. The number of aryl methyl sites for hydroxylation is 1. The fraction of sp³-hybridized carbons (Fsp3) is 0.100. The number of methoxy groups -OCH3 is 1. The van der Waals surface area contributed by atoms with Crippen LogP contribution in [0.25, 0.3) is 22.4 Å². The standard InChI is InChI=1S/C20H15N3O3S/c1-12-4-3-5-15(10-12)17-21-22-20-23(17)18(24)16(27-20)11-13-6-8-14(9-7-13)19(25)26-2/h3-11H,1-2H3/b16-11-. The maximum absolute atomic E-state index is 12.9. The molecule has 0 spiro atoms. The second-order valence-corrected chi connectivity index (χ2v) is 7.05. The Morgan fingerprint density at radius 1 is 1.15 bits per heavy atom. The molecule has 2 heterocycles. The first kappa shape index (κ1) is 17.1. The van der Waals surface area contributed by atoms with Crippen LogP contribution in [-0.2, 0) is 4.74 Å². The van der Waals surface area contributed by atoms with Crippen LogP contribution in [0.5, 0.6) is 0 Å². The van der Waals surface area contributed by atoms with Gasteiger partial charge in [-0.15, -0.1) is 10.2 Å². The maximum atomic E-state index is 12.9. The molecule has 2 aromatic heterocycles. The molecule has 134 valence electrons. The zero-order valence-electron chi connectivity index (χ0n) is 14.7. The van der Waals surface area contributed by atoms with Crippen molar-refractivity contribution in [2.75, 3.05) is 7.11 Å². The van der Waals surface area contributed by atoms with Crippen molar-refractivity contribution in [2.45, 2.75) is 6.92 Å². The highest BCUT2D eigenvalue weighted by Crippen LogP contribution is 2.19. The summed E-state index contributed by atoms with van der Waals surface area (Å²) in [6.45, 7) is 1.99. The lowest BCUT2D eigenvalue weighted by molar-refractivity contribution is 0.0600. The average molecular weight is 377 g/mol. The van der Waals surface area contributed by atoms with Crippen molar-refractivity contribution in [1.29, 1.82) is 0 Å². The van der Waals surface area contributed by atoms with Crippen molar-refractivity contribution in [2.24, 2.45) is 0 Å². The van der Waals surface area contributed by atoms with Crippen LogP contribution in [0.15, 0.2) is 53.3 Å². The van der Waals surface area contributed by atoms with Gasteiger partial charge in [-0.3, -0.25) is 4.79 Å². The summed E-state index contributed by atoms with van der Waals surface area (Å²) in [7, 11) is 1.34. The van der Waals surface area contributed by atoms with E-state index in [9.17, 15) is 9.59 Å². The van der Waals surface area contributed by atoms with Gasteiger partial charge in [-0.05, 0) is 36.8 Å². The highest BCUT2D eigenvalue weighted by Gasteiger charge is 2.14. The number of fused-ring (bicyclic) bond motifs is 1. The zero-order valence-corrected chi connectivity index (χ0v) is 15.5. The Bertz CT molecular complexity index is 1260. The van der Waals surface area contributed by atoms with E-state index in [-0.39, 0.29) is 5.56 Å². The summed E-state index contributed by atoms with van der Waals surface area (Å²) < 4.78 is 6.78. The van der Waals surface area contributed by atoms with Crippen molar-refractivity contribution in [1.82, 2.24) is 14.6 Å². The van der Waals surface area contributed by atoms with Crippen molar-refractivity contribution >= 4 is 28.3 Å². The van der Waals surface area contributed by atoms with Crippen LogP contribution in [0.2, 0.25) is 0 Å². The first-order valence-corrected chi connectivity index (χ1v) is 9.03. The second kappa shape index (κ2) is 6.77. The largest absolute Gasteiger partial charge is 0.465 e. The number of benzene rings is 2. The van der Waals surface area contributed by atoms with Gasteiger partial charge in [0.05, 0.1) is 17.2 Å². The Labute approximate surface area is 158 Å². The average Bonchev–Trinajstić information content (AvgIpc) is 3.22. The Balaban J connectivity index is 1.80. The van der Waals surface area contributed by atoms with Gasteiger partial charge in [0.1, 0.15) is 0 Å². The number of nitrogens with zero attached hydrogens (tertiary/aromatic N) is 3. The number of carbonyl (C=O) groups excluding carboxylic acids is 1. The lowest BCUT2D eigenvalue weighted by atomic mass is 10.1. The number of rotatable bonds is 3. The van der Waals surface area contributed by atoms with Gasteiger partial charge in [0.15, 0.2) is 5.82 Å². The predicted octanol–water partition coefficient (Wildman–Crippen LogP) is 2.46. The molecule has 6 nitrogen and oxygen atoms in total. The minimum atomic E-state index is -0.394. The van der Waals surface area contributed by atoms with Gasteiger partial charge in [-0.1, -0.05) is 47.2 Å². The van der Waals surface area contributed by atoms with Gasteiger partial charge in [0.2, 0.25) is 4.96 Å². The molecule has 0 saturated heterocycles. The van der Waals surface area contributed by atoms with Crippen LogP contribution in [0.4, 0.5) is 0 Å². The SMILES string of the molecule is COC(=O)c1ccc(/C=c2\sc3nnc(-c4cccc(C)c4)n3c2=O)cc1. The minimum Gasteiger partial charge on any atom is -0.465 e. The summed E-state index contributed by atoms with van der Waals surface area (Å²) in [6.07, 6.45) is 1.78. The van der Waals surface area contributed by atoms with E-state index >= 15 is 0 Å². The summed E-state index contributed by atoms with van der Waals surface area (Å²) in [5.74, 6) is 0.144. The van der Waals surface area contributed by atoms with Crippen LogP contribution in [-0.4, -0.2) is 27.7 Å². The number of hydrogen-bond donors (Lipinski definition) is 0. The quantitative estimate of drug-likeness (QED) is 0.513. The van der Waals surface area contributed by atoms with Gasteiger partial charge in [0, 0.05) is 5.56 Å². The zero-order chi connectivity index (χ0) is 19.0. The number of carbonyl (C=O) groups is 1. The molecule has 0 unspecified atom stereocenters. The van der Waals surface area contributed by atoms with E-state index in [4.69, 9.17) is 4.74 Å². The third-order valence-electron chi connectivity index (χ3n) is 4.15. The molecule has 0 N–H and O–H groups in total. The Morgan fingerprint density at radius 2 is 1.93 bits per heavy atom. The Kier molecular flexibility index (Phi) is 4.29. The van der Waals surface area contributed by atoms with E-state index in [0.717, 1.165) is 16.7 Å². The maximum Gasteiger partial charge on any atom is 0.337 e. The molecule has 0 amide bonds. The molecule has 4 rings (SSSR count). The van der Waals surface area contributed by atoms with Crippen molar-refractivity contribution in [3.63, 3.8) is 0 Å². The number of ether oxygens (including phenoxy) is 1. The van der Waals surface area contributed by atoms with E-state index in [1.54, 1.807) is 30.3 Å². The fourth-order valence-corrected chi connectivity index (χ4v) is 3.73. The molecule has 0 aliphatic heterocycles. The molecule has 0 fully saturated rings. The summed E-state index contributed by atoms with van der Waals surface area (Å²) in [6, 6.07) is 14.7. The number of esters is 1. The Hall–Kier alpha value is -3.32. The van der Waals surface area contributed by atoms with Gasteiger partial charge >= 0.3 is 5.97 Å². The van der Waals surface area contributed by atoms with Crippen LogP contribution >= 0.6 is 11.3 Å². The van der Waals surface area contributed by atoms with Crippen LogP contribution in [0.3, 0.4) is 0 Å². The summed E-state index contributed by atoms with van der Waals surface area (Å²) in [4.78, 5) is 24.9. The number of thiazole rings is 1. The lowest BCUT2D eigenvalue weighted by Crippen LogP contribution is -2.23. The van der Waals surface area contributed by atoms with Crippen LogP contribution in [0, 0.1) is 6.92 Å². The topological polar surface area (TPSA) is 73.6 Å². The van der Waals surface area contributed by atoms with E-state index in [1.165, 1.54) is 22.8 Å². The first-order chi connectivity index (χ1) is 13.1. The fourth-order valence-electron chi connectivity index (χ4n) is 2.82. The van der Waals surface area contributed by atoms with Gasteiger partial charge in [0.25, 0.3) is 5.56 Å². The first-order valence-electron chi connectivity index (χ1n) is 8.22. The van der Waals surface area contributed by atoms with E-state index in [0.29, 0.717) is 20.9 Å². The van der Waals surface area contributed by atoms with Crippen molar-refractivity contribution in [3.8, 4) is 11.4 Å². The van der Waals surface area contributed by atoms with Gasteiger partial charge < -0.3 is 4.74 Å². The van der Waals surface area contributed by atoms with E-state index < -0.39 is 5.97 Å². The molecule has 0 atom stereocenters. The van der Waals surface area contributed by atoms with E-state index in [1.807, 2.05) is 31.2 Å². The van der Waals surface area contributed by atoms with Crippen LogP contribution < -0.4 is 10.1 Å². The smallest absolute Gasteiger partial charge is 0.337 e. The molecular weight excluding hydrogens is 362 g/mol. The molecule has 0 saturated carbocycles. The second-order valence-electron chi connectivity index (χ2n) is 6.04. The third kappa shape index (κ3) is 3.13. The van der Waals surface area contributed by atoms with Crippen LogP contribution in [0.1, 0.15) is 21.5 Å². The molecule has 0 bridgehead atoms. The summed E-state index contributed by atoms with van der Waals surface area (Å²) >= 11 is 1.28. The molecular formula is C20H15N3O3S. The minimum absolute atomic E-state index is 0.159. The normalized spacial score (nSPS) is 11.9. The van der Waals surface area contributed by atoms with Crippen molar-refractivity contribution < 1.29 is 9.53 Å². The number of hydrogen-bond acceptors (Lipinski definition) is 6. The van der Waals surface area contributed by atoms with Gasteiger partial charge in [-0.25, -0.2) is 9.20 Å². The monoisotopic (exact) mass is 377 g/mol. The molecule has 4 aromatic rings. The molecule has 7 heteroatoms. The Morgan fingerprint density at radius 3 is 2.63 bits per heavy atom. The lowest BCUT2D eigenvalue weighted by Gasteiger charge is -1.99. The number of aromatic nitrogens is 3. The molecule has 2 aromatic carbocycles. The van der Waals surface area contributed by atoms with Gasteiger partial charge in [-0.2, -0.15) is 0 Å². The predicted molar refractivity (Wildman–Crippen MR) is 104 cm³/mol. The molecule has 0 aliphatic rings. The molecule has 0 aliphatic carbocycles. The third-order valence-corrected chi connectivity index (χ3v) is 5.11. The summed E-state index contributed by atoms with van der Waals surface area (Å²) in [5.41, 5.74) is 3.06. The molecule has 0 radical (unpaired) electrons. The highest BCUT2D eigenvalue weighted by atomic mass is 32.1. The van der Waals surface area contributed by atoms with Crippen molar-refractivity contribution in [3.05, 3.63) is 80.1 Å².